The number of amides is 1. The molecule has 0 bridgehead atoms. The molecule has 0 spiro atoms. The first-order valence-electron chi connectivity index (χ1n) is 11.4. The molecule has 2 aromatic carbocycles. The zero-order valence-electron chi connectivity index (χ0n) is 19.8. The molecule has 178 valence electrons. The lowest BCUT2D eigenvalue weighted by atomic mass is 9.94. The lowest BCUT2D eigenvalue weighted by Crippen LogP contribution is -2.34. The maximum Gasteiger partial charge on any atom is 0.290 e. The molecule has 0 radical (unpaired) electrons. The first-order chi connectivity index (χ1) is 16.3. The minimum absolute atomic E-state index is 0.00295. The average molecular weight is 464 g/mol. The van der Waals surface area contributed by atoms with Gasteiger partial charge in [0.25, 0.3) is 5.91 Å². The highest BCUT2D eigenvalue weighted by Crippen LogP contribution is 2.40. The lowest BCUT2D eigenvalue weighted by Gasteiger charge is -2.27. The number of nitrogens with zero attached hydrogens (tertiary/aromatic N) is 1. The number of carbonyl (C=O) groups excluding carboxylic acids is 2. The first kappa shape index (κ1) is 23.6. The van der Waals surface area contributed by atoms with Crippen LogP contribution in [0.2, 0.25) is 0 Å². The number of Topliss-reactive ketones (excluding diaryl/α,β-unsaturated/α-hetero) is 1. The number of para-hydroxylation sites is 1. The fourth-order valence-corrected chi connectivity index (χ4v) is 4.23. The van der Waals surface area contributed by atoms with E-state index in [9.17, 15) is 14.7 Å². The number of hydrogen-bond donors (Lipinski definition) is 1. The smallest absolute Gasteiger partial charge is 0.290 e. The van der Waals surface area contributed by atoms with Crippen LogP contribution in [0.15, 0.2) is 64.3 Å². The summed E-state index contributed by atoms with van der Waals surface area (Å²) in [5.74, 6) is -1.18. The van der Waals surface area contributed by atoms with Crippen LogP contribution in [0.25, 0.3) is 11.0 Å². The highest BCUT2D eigenvalue weighted by atomic mass is 16.5. The van der Waals surface area contributed by atoms with Crippen molar-refractivity contribution in [2.24, 2.45) is 0 Å². The van der Waals surface area contributed by atoms with E-state index in [2.05, 4.69) is 6.92 Å². The summed E-state index contributed by atoms with van der Waals surface area (Å²) in [5.41, 5.74) is 2.30. The zero-order valence-corrected chi connectivity index (χ0v) is 19.8. The van der Waals surface area contributed by atoms with Gasteiger partial charge in [0, 0.05) is 11.9 Å². The Morgan fingerprint density at radius 3 is 2.56 bits per heavy atom. The van der Waals surface area contributed by atoms with Crippen LogP contribution in [-0.2, 0) is 16.0 Å². The minimum atomic E-state index is -0.753. The molecule has 1 amide bonds. The summed E-state index contributed by atoms with van der Waals surface area (Å²) in [7, 11) is 1.52. The van der Waals surface area contributed by atoms with Crippen LogP contribution in [0, 0.1) is 0 Å². The van der Waals surface area contributed by atoms with Gasteiger partial charge in [-0.05, 0) is 43.5 Å². The van der Waals surface area contributed by atoms with E-state index < -0.39 is 23.5 Å². The Bertz CT molecular complexity index is 1240. The Morgan fingerprint density at radius 1 is 1.18 bits per heavy atom. The Balaban J connectivity index is 1.76. The molecule has 3 aromatic rings. The summed E-state index contributed by atoms with van der Waals surface area (Å²) in [6.45, 7) is 6.39. The number of aliphatic hydroxyl groups is 1. The predicted octanol–water partition coefficient (Wildman–Crippen LogP) is 5.01. The number of rotatable bonds is 9. The maximum atomic E-state index is 13.6. The third-order valence-electron chi connectivity index (χ3n) is 5.99. The summed E-state index contributed by atoms with van der Waals surface area (Å²) in [5, 5.41) is 11.5. The van der Waals surface area contributed by atoms with Gasteiger partial charge in [-0.25, -0.2) is 0 Å². The van der Waals surface area contributed by atoms with Gasteiger partial charge in [0.2, 0.25) is 5.78 Å². The van der Waals surface area contributed by atoms with Crippen LogP contribution >= 0.6 is 0 Å². The van der Waals surface area contributed by atoms with Gasteiger partial charge in [0.15, 0.2) is 22.9 Å². The standard InChI is InChI=1S/C27H29NO6/c1-5-17-9-11-18(12-10-17)23-22(25(30)27(31)28(23)13-14-33-16(2)3)24(29)21-15-19-7-6-8-20(32-4)26(19)34-21/h6-12,15-16,23,30H,5,13-14H2,1-4H3. The number of benzene rings is 2. The molecule has 1 aliphatic rings. The number of methoxy groups -OCH3 is 1. The third-order valence-corrected chi connectivity index (χ3v) is 5.99. The van der Waals surface area contributed by atoms with E-state index in [4.69, 9.17) is 13.9 Å². The van der Waals surface area contributed by atoms with Gasteiger partial charge in [0.1, 0.15) is 0 Å². The fourth-order valence-electron chi connectivity index (χ4n) is 4.23. The van der Waals surface area contributed by atoms with E-state index in [0.717, 1.165) is 17.5 Å². The summed E-state index contributed by atoms with van der Waals surface area (Å²) in [6, 6.07) is 13.9. The first-order valence-corrected chi connectivity index (χ1v) is 11.4. The summed E-state index contributed by atoms with van der Waals surface area (Å²) in [4.78, 5) is 28.2. The number of ether oxygens (including phenoxy) is 2. The van der Waals surface area contributed by atoms with Crippen molar-refractivity contribution in [3.05, 3.63) is 76.8 Å². The topological polar surface area (TPSA) is 89.2 Å². The molecule has 0 saturated heterocycles. The van der Waals surface area contributed by atoms with Crippen molar-refractivity contribution >= 4 is 22.7 Å². The zero-order chi connectivity index (χ0) is 24.4. The van der Waals surface area contributed by atoms with Crippen LogP contribution in [0.1, 0.15) is 48.5 Å². The number of aryl methyl sites for hydroxylation is 1. The van der Waals surface area contributed by atoms with Gasteiger partial charge in [-0.1, -0.05) is 43.3 Å². The molecule has 1 aromatic heterocycles. The third kappa shape index (κ3) is 4.31. The van der Waals surface area contributed by atoms with Crippen molar-refractivity contribution in [1.29, 1.82) is 0 Å². The molecule has 0 fully saturated rings. The fraction of sp³-hybridized carbons (Fsp3) is 0.333. The predicted molar refractivity (Wildman–Crippen MR) is 128 cm³/mol. The second kappa shape index (κ2) is 9.73. The average Bonchev–Trinajstić information content (AvgIpc) is 3.38. The van der Waals surface area contributed by atoms with Gasteiger partial charge in [0.05, 0.1) is 31.4 Å². The summed E-state index contributed by atoms with van der Waals surface area (Å²) in [6.07, 6.45) is 0.858. The maximum absolute atomic E-state index is 13.6. The largest absolute Gasteiger partial charge is 0.503 e. The van der Waals surface area contributed by atoms with Crippen molar-refractivity contribution in [2.75, 3.05) is 20.3 Å². The van der Waals surface area contributed by atoms with E-state index >= 15 is 0 Å². The summed E-state index contributed by atoms with van der Waals surface area (Å²) < 4.78 is 16.8. The molecule has 7 nitrogen and oxygen atoms in total. The molecule has 4 rings (SSSR count). The number of furan rings is 1. The molecule has 1 N–H and O–H groups in total. The molecule has 34 heavy (non-hydrogen) atoms. The Hall–Kier alpha value is -3.58. The van der Waals surface area contributed by atoms with E-state index in [1.807, 2.05) is 44.2 Å². The highest BCUT2D eigenvalue weighted by molar-refractivity contribution is 6.16. The van der Waals surface area contributed by atoms with Crippen LogP contribution in [0.5, 0.6) is 5.75 Å². The van der Waals surface area contributed by atoms with Gasteiger partial charge < -0.3 is 23.9 Å². The van der Waals surface area contributed by atoms with Crippen LogP contribution in [0.4, 0.5) is 0 Å². The van der Waals surface area contributed by atoms with Crippen LogP contribution < -0.4 is 4.74 Å². The van der Waals surface area contributed by atoms with E-state index in [1.165, 1.54) is 12.0 Å². The van der Waals surface area contributed by atoms with E-state index in [0.29, 0.717) is 16.7 Å². The quantitative estimate of drug-likeness (QED) is 0.449. The van der Waals surface area contributed by atoms with Crippen LogP contribution in [-0.4, -0.2) is 48.1 Å². The van der Waals surface area contributed by atoms with Gasteiger partial charge in [-0.15, -0.1) is 0 Å². The normalized spacial score (nSPS) is 16.2. The van der Waals surface area contributed by atoms with Gasteiger partial charge in [-0.3, -0.25) is 9.59 Å². The van der Waals surface area contributed by atoms with Crippen molar-refractivity contribution in [3.8, 4) is 5.75 Å². The summed E-state index contributed by atoms with van der Waals surface area (Å²) >= 11 is 0. The molecule has 2 heterocycles. The van der Waals surface area contributed by atoms with Gasteiger partial charge >= 0.3 is 0 Å². The molecule has 1 unspecified atom stereocenters. The second-order valence-corrected chi connectivity index (χ2v) is 8.50. The number of fused-ring (bicyclic) bond motifs is 1. The van der Waals surface area contributed by atoms with E-state index in [-0.39, 0.29) is 30.6 Å². The number of carbonyl (C=O) groups is 2. The Labute approximate surface area is 198 Å². The molecule has 0 saturated carbocycles. The molecule has 1 atom stereocenters. The highest BCUT2D eigenvalue weighted by Gasteiger charge is 2.44. The Kier molecular flexibility index (Phi) is 6.75. The number of ketones is 1. The molecule has 1 aliphatic heterocycles. The van der Waals surface area contributed by atoms with Gasteiger partial charge in [-0.2, -0.15) is 0 Å². The van der Waals surface area contributed by atoms with Crippen molar-refractivity contribution < 1.29 is 28.6 Å². The van der Waals surface area contributed by atoms with Crippen molar-refractivity contribution in [3.63, 3.8) is 0 Å². The number of aliphatic hydroxyl groups excluding tert-OH is 1. The van der Waals surface area contributed by atoms with E-state index in [1.54, 1.807) is 18.2 Å². The molecular formula is C27H29NO6. The van der Waals surface area contributed by atoms with Crippen LogP contribution in [0.3, 0.4) is 0 Å². The SMILES string of the molecule is CCc1ccc(C2C(C(=O)c3cc4cccc(OC)c4o3)=C(O)C(=O)N2CCOC(C)C)cc1. The Morgan fingerprint density at radius 2 is 1.91 bits per heavy atom. The minimum Gasteiger partial charge on any atom is -0.503 e. The number of hydrogen-bond acceptors (Lipinski definition) is 6. The monoisotopic (exact) mass is 463 g/mol. The molecule has 7 heteroatoms. The van der Waals surface area contributed by atoms with Crippen molar-refractivity contribution in [1.82, 2.24) is 4.90 Å². The van der Waals surface area contributed by atoms with Crippen molar-refractivity contribution in [2.45, 2.75) is 39.3 Å². The molecular weight excluding hydrogens is 434 g/mol. The molecule has 0 aliphatic carbocycles. The second-order valence-electron chi connectivity index (χ2n) is 8.50. The lowest BCUT2D eigenvalue weighted by molar-refractivity contribution is -0.130.